The number of nitrogens with zero attached hydrogens (tertiary/aromatic N) is 1. The number of hydrogen-bond acceptors (Lipinski definition) is 5. The number of halogens is 3. The summed E-state index contributed by atoms with van der Waals surface area (Å²) in [5.74, 6) is 2.77. The third-order valence-electron chi connectivity index (χ3n) is 6.49. The van der Waals surface area contributed by atoms with Crippen molar-refractivity contribution < 1.29 is 22.8 Å². The molecule has 0 amide bonds. The molecule has 2 saturated carbocycles. The molecular weight excluding hydrogens is 414 g/mol. The van der Waals surface area contributed by atoms with Gasteiger partial charge in [-0.3, -0.25) is 0 Å². The topological polar surface area (TPSA) is 56.5 Å². The zero-order chi connectivity index (χ0) is 19.8. The van der Waals surface area contributed by atoms with Crippen molar-refractivity contribution in [2.24, 2.45) is 11.8 Å². The fraction of sp³-hybridized carbons (Fsp3) is 0.591. The summed E-state index contributed by atoms with van der Waals surface area (Å²) in [6, 6.07) is 6.74. The number of hydrogen-bond donors (Lipinski definition) is 1. The van der Waals surface area contributed by atoms with Crippen molar-refractivity contribution in [3.05, 3.63) is 35.6 Å². The van der Waals surface area contributed by atoms with Crippen LogP contribution in [0.4, 0.5) is 8.78 Å². The molecule has 2 aromatic rings. The predicted molar refractivity (Wildman–Crippen MR) is 110 cm³/mol. The Labute approximate surface area is 180 Å². The molecule has 5 rings (SSSR count). The van der Waals surface area contributed by atoms with Gasteiger partial charge in [0.25, 0.3) is 0 Å². The zero-order valence-corrected chi connectivity index (χ0v) is 17.5. The molecule has 1 saturated heterocycles. The molecule has 1 aliphatic heterocycles. The van der Waals surface area contributed by atoms with E-state index in [4.69, 9.17) is 14.0 Å². The minimum atomic E-state index is -2.89. The van der Waals surface area contributed by atoms with E-state index in [1.807, 2.05) is 0 Å². The van der Waals surface area contributed by atoms with E-state index >= 15 is 0 Å². The maximum atomic E-state index is 12.9. The van der Waals surface area contributed by atoms with Gasteiger partial charge >= 0.3 is 6.61 Å². The van der Waals surface area contributed by atoms with E-state index in [0.29, 0.717) is 29.7 Å². The van der Waals surface area contributed by atoms with Crippen molar-refractivity contribution in [2.75, 3.05) is 13.1 Å². The van der Waals surface area contributed by atoms with Crippen molar-refractivity contribution in [1.29, 1.82) is 0 Å². The van der Waals surface area contributed by atoms with Crippen molar-refractivity contribution >= 4 is 12.4 Å². The van der Waals surface area contributed by atoms with Gasteiger partial charge < -0.3 is 19.3 Å². The molecular formula is C22H27ClF2N2O3. The summed E-state index contributed by atoms with van der Waals surface area (Å²) in [6.07, 6.45) is 5.68. The number of benzene rings is 1. The number of ether oxygens (including phenoxy) is 2. The molecule has 2 aliphatic carbocycles. The Hall–Kier alpha value is -1.70. The maximum Gasteiger partial charge on any atom is 0.387 e. The molecule has 3 atom stereocenters. The summed E-state index contributed by atoms with van der Waals surface area (Å²) in [6.45, 7) is -0.293. The van der Waals surface area contributed by atoms with Gasteiger partial charge in [0.15, 0.2) is 0 Å². The molecule has 30 heavy (non-hydrogen) atoms. The Morgan fingerprint density at radius 3 is 2.70 bits per heavy atom. The summed E-state index contributed by atoms with van der Waals surface area (Å²) in [5.41, 5.74) is 1.95. The molecule has 3 aliphatic rings. The smallest absolute Gasteiger partial charge is 0.387 e. The summed E-state index contributed by atoms with van der Waals surface area (Å²) < 4.78 is 42.4. The summed E-state index contributed by atoms with van der Waals surface area (Å²) >= 11 is 0. The highest BCUT2D eigenvalue weighted by molar-refractivity contribution is 5.85. The fourth-order valence-electron chi connectivity index (χ4n) is 4.81. The van der Waals surface area contributed by atoms with Crippen LogP contribution in [0.5, 0.6) is 5.75 Å². The molecule has 1 aromatic carbocycles. The summed E-state index contributed by atoms with van der Waals surface area (Å²) in [4.78, 5) is 0. The Balaban J connectivity index is 0.00000218. The van der Waals surface area contributed by atoms with Crippen LogP contribution in [-0.4, -0.2) is 31.0 Å². The first-order valence-corrected chi connectivity index (χ1v) is 10.5. The van der Waals surface area contributed by atoms with Gasteiger partial charge in [-0.15, -0.1) is 12.4 Å². The Kier molecular flexibility index (Phi) is 6.60. The van der Waals surface area contributed by atoms with E-state index in [1.165, 1.54) is 12.5 Å². The maximum absolute atomic E-state index is 12.9. The van der Waals surface area contributed by atoms with Crippen LogP contribution in [0, 0.1) is 11.8 Å². The van der Waals surface area contributed by atoms with Crippen LogP contribution in [0.2, 0.25) is 0 Å². The van der Waals surface area contributed by atoms with Crippen LogP contribution in [0.1, 0.15) is 49.3 Å². The zero-order valence-electron chi connectivity index (χ0n) is 16.7. The van der Waals surface area contributed by atoms with Gasteiger partial charge in [0.1, 0.15) is 17.2 Å². The Morgan fingerprint density at radius 2 is 1.90 bits per heavy atom. The average Bonchev–Trinajstić information content (AvgIpc) is 3.30. The molecule has 0 radical (unpaired) electrons. The van der Waals surface area contributed by atoms with E-state index in [9.17, 15) is 8.78 Å². The van der Waals surface area contributed by atoms with E-state index in [2.05, 4.69) is 10.5 Å². The van der Waals surface area contributed by atoms with Gasteiger partial charge in [-0.25, -0.2) is 0 Å². The highest BCUT2D eigenvalue weighted by Gasteiger charge is 2.36. The Morgan fingerprint density at radius 1 is 1.10 bits per heavy atom. The lowest BCUT2D eigenvalue weighted by molar-refractivity contribution is -0.0494. The van der Waals surface area contributed by atoms with Crippen molar-refractivity contribution in [1.82, 2.24) is 10.5 Å². The molecule has 8 heteroatoms. The largest absolute Gasteiger partial charge is 0.434 e. The normalized spacial score (nSPS) is 25.8. The third-order valence-corrected chi connectivity index (χ3v) is 6.49. The van der Waals surface area contributed by atoms with Gasteiger partial charge in [-0.1, -0.05) is 17.3 Å². The molecule has 0 unspecified atom stereocenters. The Bertz CT molecular complexity index is 859. The second-order valence-electron chi connectivity index (χ2n) is 8.45. The van der Waals surface area contributed by atoms with Crippen molar-refractivity contribution in [3.63, 3.8) is 0 Å². The van der Waals surface area contributed by atoms with Gasteiger partial charge in [0.2, 0.25) is 0 Å². The first-order valence-electron chi connectivity index (χ1n) is 10.5. The number of rotatable bonds is 7. The van der Waals surface area contributed by atoms with Crippen LogP contribution in [0.15, 0.2) is 28.8 Å². The molecule has 164 valence electrons. The van der Waals surface area contributed by atoms with Crippen LogP contribution in [-0.2, 0) is 11.3 Å². The lowest BCUT2D eigenvalue weighted by Gasteiger charge is -2.31. The summed E-state index contributed by atoms with van der Waals surface area (Å²) in [7, 11) is 0. The molecule has 1 N–H and O–H groups in total. The van der Waals surface area contributed by atoms with E-state index in [-0.39, 0.29) is 24.3 Å². The standard InChI is InChI=1S/C22H26F2N2O3.ClH/c23-22(24)28-19-4-2-1-3-17(19)20-18(21(29-26-20)13-5-6-13)12-27-16-8-7-14-10-25-11-15(14)9-16;/h1-4,13-16,22,25H,5-12H2;1H/t14-,15+,16+;/m1./s1. The highest BCUT2D eigenvalue weighted by atomic mass is 35.5. The number of alkyl halides is 2. The van der Waals surface area contributed by atoms with Crippen molar-refractivity contribution in [2.45, 2.75) is 57.3 Å². The molecule has 0 bridgehead atoms. The summed E-state index contributed by atoms with van der Waals surface area (Å²) in [5, 5.41) is 7.73. The first kappa shape index (κ1) is 21.5. The minimum Gasteiger partial charge on any atom is -0.434 e. The third kappa shape index (κ3) is 4.48. The molecule has 2 heterocycles. The molecule has 5 nitrogen and oxygen atoms in total. The highest BCUT2D eigenvalue weighted by Crippen LogP contribution is 2.45. The van der Waals surface area contributed by atoms with Gasteiger partial charge in [-0.2, -0.15) is 8.78 Å². The SMILES string of the molecule is Cl.FC(F)Oc1ccccc1-c1noc(C2CC2)c1CO[C@H]1CC[C@@H]2CNC[C@@H]2C1. The van der Waals surface area contributed by atoms with Crippen molar-refractivity contribution in [3.8, 4) is 17.0 Å². The second kappa shape index (κ2) is 9.20. The van der Waals surface area contributed by atoms with Gasteiger partial charge in [-0.05, 0) is 69.2 Å². The number of aromatic nitrogens is 1. The molecule has 3 fully saturated rings. The van der Waals surface area contributed by atoms with Gasteiger partial charge in [0, 0.05) is 17.0 Å². The van der Waals surface area contributed by atoms with Crippen LogP contribution >= 0.6 is 12.4 Å². The quantitative estimate of drug-likeness (QED) is 0.645. The number of fused-ring (bicyclic) bond motifs is 1. The average molecular weight is 441 g/mol. The number of para-hydroxylation sites is 1. The lowest BCUT2D eigenvalue weighted by atomic mass is 9.80. The van der Waals surface area contributed by atoms with E-state index in [1.54, 1.807) is 18.2 Å². The minimum absolute atomic E-state index is 0. The van der Waals surface area contributed by atoms with Gasteiger partial charge in [0.05, 0.1) is 12.7 Å². The van der Waals surface area contributed by atoms with E-state index in [0.717, 1.165) is 56.0 Å². The predicted octanol–water partition coefficient (Wildman–Crippen LogP) is 5.15. The van der Waals surface area contributed by atoms with Crippen LogP contribution in [0.3, 0.4) is 0 Å². The van der Waals surface area contributed by atoms with E-state index < -0.39 is 6.61 Å². The fourth-order valence-corrected chi connectivity index (χ4v) is 4.81. The van der Waals surface area contributed by atoms with Crippen LogP contribution < -0.4 is 10.1 Å². The second-order valence-corrected chi connectivity index (χ2v) is 8.45. The molecule has 0 spiro atoms. The van der Waals surface area contributed by atoms with Crippen LogP contribution in [0.25, 0.3) is 11.3 Å². The lowest BCUT2D eigenvalue weighted by Crippen LogP contribution is -2.28. The number of nitrogens with one attached hydrogen (secondary N) is 1. The first-order chi connectivity index (χ1) is 14.2. The molecule has 1 aromatic heterocycles. The monoisotopic (exact) mass is 440 g/mol.